The van der Waals surface area contributed by atoms with Crippen molar-refractivity contribution in [3.8, 4) is 5.75 Å². The van der Waals surface area contributed by atoms with Gasteiger partial charge in [-0.3, -0.25) is 0 Å². The van der Waals surface area contributed by atoms with Gasteiger partial charge < -0.3 is 4.74 Å². The first kappa shape index (κ1) is 7.83. The molecule has 4 heteroatoms. The average molecular weight is 199 g/mol. The van der Waals surface area contributed by atoms with Gasteiger partial charge in [-0.1, -0.05) is 11.6 Å². The molecule has 0 saturated carbocycles. The minimum absolute atomic E-state index is 0.563. The highest BCUT2D eigenvalue weighted by atomic mass is 35.5. The van der Waals surface area contributed by atoms with Crippen LogP contribution in [0.3, 0.4) is 0 Å². The minimum Gasteiger partial charge on any atom is -0.495 e. The summed E-state index contributed by atoms with van der Waals surface area (Å²) in [5.41, 5.74) is 3.55. The molecule has 0 aliphatic heterocycles. The number of methoxy groups -OCH3 is 1. The molecule has 2 aromatic rings. The summed E-state index contributed by atoms with van der Waals surface area (Å²) in [4.78, 5) is 4.01. The monoisotopic (exact) mass is 198 g/mol. The molecule has 61 valence electrons. The SMILES string of the molecule is COc1ccc2s[c]nc2c1Cl. The highest BCUT2D eigenvalue weighted by Gasteiger charge is 2.07. The van der Waals surface area contributed by atoms with Crippen molar-refractivity contribution in [3.63, 3.8) is 0 Å². The van der Waals surface area contributed by atoms with E-state index in [-0.39, 0.29) is 0 Å². The molecule has 0 unspecified atom stereocenters. The van der Waals surface area contributed by atoms with Crippen molar-refractivity contribution < 1.29 is 4.74 Å². The lowest BCUT2D eigenvalue weighted by Crippen LogP contribution is -1.83. The summed E-state index contributed by atoms with van der Waals surface area (Å²) in [5, 5.41) is 0.563. The fourth-order valence-corrected chi connectivity index (χ4v) is 1.95. The van der Waals surface area contributed by atoms with Gasteiger partial charge >= 0.3 is 0 Å². The Labute approximate surface area is 78.8 Å². The second kappa shape index (κ2) is 2.92. The minimum atomic E-state index is 0.563. The fourth-order valence-electron chi connectivity index (χ4n) is 0.990. The van der Waals surface area contributed by atoms with Crippen LogP contribution in [0.4, 0.5) is 0 Å². The van der Waals surface area contributed by atoms with Crippen LogP contribution < -0.4 is 4.74 Å². The number of ether oxygens (including phenoxy) is 1. The number of thiazole rings is 1. The zero-order chi connectivity index (χ0) is 8.55. The summed E-state index contributed by atoms with van der Waals surface area (Å²) in [7, 11) is 1.59. The fraction of sp³-hybridized carbons (Fsp3) is 0.125. The van der Waals surface area contributed by atoms with E-state index >= 15 is 0 Å². The highest BCUT2D eigenvalue weighted by molar-refractivity contribution is 7.16. The first-order valence-corrected chi connectivity index (χ1v) is 4.51. The number of halogens is 1. The lowest BCUT2D eigenvalue weighted by atomic mass is 10.3. The molecule has 0 aliphatic rings. The zero-order valence-corrected chi connectivity index (χ0v) is 7.87. The first-order valence-electron chi connectivity index (χ1n) is 3.32. The van der Waals surface area contributed by atoms with Crippen molar-refractivity contribution in [1.29, 1.82) is 0 Å². The standard InChI is InChI=1S/C8H5ClNOS/c1-11-5-2-3-6-8(7(5)9)10-4-12-6/h2-3H,1H3. The molecule has 0 atom stereocenters. The molecule has 0 fully saturated rings. The van der Waals surface area contributed by atoms with Gasteiger partial charge in [-0.2, -0.15) is 0 Å². The maximum atomic E-state index is 5.98. The summed E-state index contributed by atoms with van der Waals surface area (Å²) in [6.45, 7) is 0. The van der Waals surface area contributed by atoms with Crippen LogP contribution in [0.2, 0.25) is 5.02 Å². The number of hydrogen-bond acceptors (Lipinski definition) is 3. The lowest BCUT2D eigenvalue weighted by molar-refractivity contribution is 0.415. The molecular formula is C8H5ClNOS. The quantitative estimate of drug-likeness (QED) is 0.703. The molecule has 1 radical (unpaired) electrons. The molecule has 0 aliphatic carbocycles. The van der Waals surface area contributed by atoms with Crippen LogP contribution in [0.5, 0.6) is 5.75 Å². The van der Waals surface area contributed by atoms with Gasteiger partial charge in [0.15, 0.2) is 5.51 Å². The lowest BCUT2D eigenvalue weighted by Gasteiger charge is -2.01. The van der Waals surface area contributed by atoms with Crippen LogP contribution in [0, 0.1) is 5.51 Å². The summed E-state index contributed by atoms with van der Waals surface area (Å²) in [6, 6.07) is 3.75. The van der Waals surface area contributed by atoms with Crippen molar-refractivity contribution in [1.82, 2.24) is 4.98 Å². The van der Waals surface area contributed by atoms with Gasteiger partial charge in [-0.15, -0.1) is 11.3 Å². The van der Waals surface area contributed by atoms with Crippen molar-refractivity contribution in [2.75, 3.05) is 7.11 Å². The number of nitrogens with zero attached hydrogens (tertiary/aromatic N) is 1. The van der Waals surface area contributed by atoms with Crippen LogP contribution >= 0.6 is 22.9 Å². The van der Waals surface area contributed by atoms with Gasteiger partial charge in [0.1, 0.15) is 16.3 Å². The van der Waals surface area contributed by atoms with Crippen LogP contribution in [-0.2, 0) is 0 Å². The molecule has 2 nitrogen and oxygen atoms in total. The Balaban J connectivity index is 2.78. The van der Waals surface area contributed by atoms with E-state index < -0.39 is 0 Å². The number of hydrogen-bond donors (Lipinski definition) is 0. The van der Waals surface area contributed by atoms with Gasteiger partial charge in [0, 0.05) is 0 Å². The third-order valence-corrected chi connectivity index (χ3v) is 2.67. The predicted molar refractivity (Wildman–Crippen MR) is 50.0 cm³/mol. The predicted octanol–water partition coefficient (Wildman–Crippen LogP) is 2.76. The van der Waals surface area contributed by atoms with E-state index in [1.807, 2.05) is 12.1 Å². The summed E-state index contributed by atoms with van der Waals surface area (Å²) < 4.78 is 6.07. The molecule has 0 N–H and O–H groups in total. The second-order valence-electron chi connectivity index (χ2n) is 2.23. The summed E-state index contributed by atoms with van der Waals surface area (Å²) in [5.74, 6) is 0.656. The van der Waals surface area contributed by atoms with Gasteiger partial charge in [0.25, 0.3) is 0 Å². The number of benzene rings is 1. The van der Waals surface area contributed by atoms with E-state index in [2.05, 4.69) is 10.5 Å². The Bertz CT molecular complexity index is 412. The van der Waals surface area contributed by atoms with Gasteiger partial charge in [-0.25, -0.2) is 4.98 Å². The maximum Gasteiger partial charge on any atom is 0.153 e. The first-order chi connectivity index (χ1) is 5.83. The normalized spacial score (nSPS) is 10.5. The van der Waals surface area contributed by atoms with E-state index in [0.717, 1.165) is 10.2 Å². The molecule has 0 saturated heterocycles. The average Bonchev–Trinajstić information content (AvgIpc) is 2.53. The van der Waals surface area contributed by atoms with Gasteiger partial charge in [-0.05, 0) is 12.1 Å². The molecule has 12 heavy (non-hydrogen) atoms. The smallest absolute Gasteiger partial charge is 0.153 e. The number of fused-ring (bicyclic) bond motifs is 1. The summed E-state index contributed by atoms with van der Waals surface area (Å²) >= 11 is 7.43. The van der Waals surface area contributed by atoms with E-state index in [1.165, 1.54) is 11.3 Å². The van der Waals surface area contributed by atoms with E-state index in [0.29, 0.717) is 10.8 Å². The Kier molecular flexibility index (Phi) is 1.90. The third kappa shape index (κ3) is 1.06. The number of rotatable bonds is 1. The van der Waals surface area contributed by atoms with Crippen LogP contribution in [0.1, 0.15) is 0 Å². The topological polar surface area (TPSA) is 22.1 Å². The third-order valence-electron chi connectivity index (χ3n) is 1.58. The Morgan fingerprint density at radius 3 is 3.17 bits per heavy atom. The largest absolute Gasteiger partial charge is 0.495 e. The Morgan fingerprint density at radius 1 is 1.58 bits per heavy atom. The second-order valence-corrected chi connectivity index (χ2v) is 3.44. The molecule has 0 spiro atoms. The maximum absolute atomic E-state index is 5.98. The molecule has 1 heterocycles. The molecule has 1 aromatic carbocycles. The van der Waals surface area contributed by atoms with Crippen molar-refractivity contribution in [2.45, 2.75) is 0 Å². The molecule has 1 aromatic heterocycles. The molecule has 0 amide bonds. The zero-order valence-electron chi connectivity index (χ0n) is 6.30. The van der Waals surface area contributed by atoms with E-state index in [9.17, 15) is 0 Å². The molecule has 0 bridgehead atoms. The van der Waals surface area contributed by atoms with Gasteiger partial charge in [0.05, 0.1) is 11.8 Å². The van der Waals surface area contributed by atoms with Crippen molar-refractivity contribution in [3.05, 3.63) is 22.7 Å². The number of aromatic nitrogens is 1. The van der Waals surface area contributed by atoms with Crippen LogP contribution in [0.25, 0.3) is 10.2 Å². The van der Waals surface area contributed by atoms with Gasteiger partial charge in [0.2, 0.25) is 0 Å². The summed E-state index contributed by atoms with van der Waals surface area (Å²) in [6.07, 6.45) is 0. The van der Waals surface area contributed by atoms with Crippen molar-refractivity contribution in [2.24, 2.45) is 0 Å². The van der Waals surface area contributed by atoms with E-state index in [4.69, 9.17) is 16.3 Å². The molecular weight excluding hydrogens is 194 g/mol. The van der Waals surface area contributed by atoms with Crippen LogP contribution in [-0.4, -0.2) is 12.1 Å². The molecule has 2 rings (SSSR count). The highest BCUT2D eigenvalue weighted by Crippen LogP contribution is 2.32. The Morgan fingerprint density at radius 2 is 2.42 bits per heavy atom. The van der Waals surface area contributed by atoms with E-state index in [1.54, 1.807) is 7.11 Å². The Hall–Kier alpha value is -0.800. The van der Waals surface area contributed by atoms with Crippen molar-refractivity contribution >= 4 is 33.2 Å². The van der Waals surface area contributed by atoms with Crippen LogP contribution in [0.15, 0.2) is 12.1 Å².